The third-order valence-corrected chi connectivity index (χ3v) is 6.39. The van der Waals surface area contributed by atoms with Crippen LogP contribution in [0.4, 0.5) is 13.2 Å². The molecular formula is C22H23F3N4O5. The molecule has 2 aliphatic rings. The number of rotatable bonds is 4. The van der Waals surface area contributed by atoms with Gasteiger partial charge in [-0.05, 0) is 20.3 Å². The highest BCUT2D eigenvalue weighted by molar-refractivity contribution is 5.99. The smallest absolute Gasteiger partial charge is 0.278 e. The van der Waals surface area contributed by atoms with Gasteiger partial charge in [-0.3, -0.25) is 24.1 Å². The van der Waals surface area contributed by atoms with Gasteiger partial charge in [0.25, 0.3) is 11.8 Å². The van der Waals surface area contributed by atoms with Crippen LogP contribution in [0, 0.1) is 17.5 Å². The topological polar surface area (TPSA) is 104 Å². The molecule has 4 rings (SSSR count). The predicted molar refractivity (Wildman–Crippen MR) is 113 cm³/mol. The zero-order valence-corrected chi connectivity index (χ0v) is 18.6. The van der Waals surface area contributed by atoms with Gasteiger partial charge in [0.15, 0.2) is 11.4 Å². The lowest BCUT2D eigenvalue weighted by Crippen LogP contribution is -2.57. The number of aromatic nitrogens is 1. The fourth-order valence-corrected chi connectivity index (χ4v) is 4.40. The Balaban J connectivity index is 1.71. The number of benzene rings is 1. The highest BCUT2D eigenvalue weighted by atomic mass is 19.1. The third kappa shape index (κ3) is 3.77. The Morgan fingerprint density at radius 1 is 1.21 bits per heavy atom. The second kappa shape index (κ2) is 8.67. The number of fused-ring (bicyclic) bond motifs is 4. The Labute approximate surface area is 192 Å². The number of carbonyl (C=O) groups is 2. The first kappa shape index (κ1) is 23.6. The summed E-state index contributed by atoms with van der Waals surface area (Å²) in [5, 5.41) is 14.5. The van der Waals surface area contributed by atoms with Crippen molar-refractivity contribution in [3.63, 3.8) is 0 Å². The number of nitrogens with one attached hydrogen (secondary N) is 1. The Bertz CT molecular complexity index is 1210. The van der Waals surface area contributed by atoms with Gasteiger partial charge in [0.05, 0.1) is 12.1 Å². The van der Waals surface area contributed by atoms with E-state index in [-0.39, 0.29) is 30.6 Å². The number of aromatic hydroxyl groups is 1. The van der Waals surface area contributed by atoms with Gasteiger partial charge >= 0.3 is 0 Å². The van der Waals surface area contributed by atoms with Gasteiger partial charge in [0, 0.05) is 43.6 Å². The third-order valence-electron chi connectivity index (χ3n) is 6.39. The number of hydrogen-bond acceptors (Lipinski definition) is 6. The molecule has 1 aromatic carbocycles. The first-order valence-electron chi connectivity index (χ1n) is 10.6. The molecule has 1 unspecified atom stereocenters. The molecule has 12 heteroatoms. The van der Waals surface area contributed by atoms with Crippen molar-refractivity contribution < 1.29 is 32.6 Å². The lowest BCUT2D eigenvalue weighted by molar-refractivity contribution is 0.0214. The molecule has 0 radical (unpaired) electrons. The number of amides is 2. The first-order valence-corrected chi connectivity index (χ1v) is 10.6. The van der Waals surface area contributed by atoms with Crippen molar-refractivity contribution in [2.24, 2.45) is 0 Å². The van der Waals surface area contributed by atoms with Crippen LogP contribution in [-0.2, 0) is 11.3 Å². The van der Waals surface area contributed by atoms with Crippen molar-refractivity contribution >= 4 is 11.8 Å². The maximum Gasteiger partial charge on any atom is 0.278 e. The minimum Gasteiger partial charge on any atom is -0.502 e. The maximum atomic E-state index is 13.9. The molecule has 182 valence electrons. The van der Waals surface area contributed by atoms with E-state index in [4.69, 9.17) is 4.74 Å². The monoisotopic (exact) mass is 480 g/mol. The van der Waals surface area contributed by atoms with Gasteiger partial charge in [0.1, 0.15) is 29.7 Å². The number of methoxy groups -OCH3 is 1. The molecular weight excluding hydrogens is 457 g/mol. The molecule has 0 aliphatic carbocycles. The van der Waals surface area contributed by atoms with Crippen molar-refractivity contribution in [2.45, 2.75) is 45.0 Å². The zero-order chi connectivity index (χ0) is 24.9. The minimum atomic E-state index is -1.20. The molecule has 1 aromatic heterocycles. The number of carbonyl (C=O) groups excluding carboxylic acids is 2. The lowest BCUT2D eigenvalue weighted by atomic mass is 10.0. The first-order chi connectivity index (χ1) is 16.0. The summed E-state index contributed by atoms with van der Waals surface area (Å²) in [6.45, 7) is 3.14. The number of pyridine rings is 1. The SMILES string of the molecule is CO[C@@H]1CC(C)N2CN(C(=O)c3c(O)c(=O)c(C(=O)NCc4c(F)cc(F)cc4F)cn32)[C@H]1C. The highest BCUT2D eigenvalue weighted by Gasteiger charge is 2.43. The van der Waals surface area contributed by atoms with Crippen LogP contribution in [0.2, 0.25) is 0 Å². The molecule has 0 spiro atoms. The van der Waals surface area contributed by atoms with E-state index >= 15 is 0 Å². The standard InChI is InChI=1S/C22H23F3N4O5/c1-10-4-17(34-3)11(2)27-9-29(10)28-8-14(19(30)20(31)18(28)22(27)33)21(32)26-7-13-15(24)5-12(23)6-16(13)25/h5-6,8,10-11,17,31H,4,7,9H2,1-3H3,(H,26,32)/t10?,11-,17+/m0/s1. The molecule has 1 fully saturated rings. The van der Waals surface area contributed by atoms with E-state index in [9.17, 15) is 32.7 Å². The predicted octanol–water partition coefficient (Wildman–Crippen LogP) is 1.45. The van der Waals surface area contributed by atoms with E-state index in [2.05, 4.69) is 5.32 Å². The Morgan fingerprint density at radius 2 is 1.85 bits per heavy atom. The van der Waals surface area contributed by atoms with E-state index < -0.39 is 58.1 Å². The second-order valence-corrected chi connectivity index (χ2v) is 8.40. The van der Waals surface area contributed by atoms with E-state index in [1.807, 2.05) is 13.8 Å². The quantitative estimate of drug-likeness (QED) is 0.687. The van der Waals surface area contributed by atoms with Crippen molar-refractivity contribution in [2.75, 3.05) is 18.8 Å². The van der Waals surface area contributed by atoms with E-state index in [0.29, 0.717) is 18.6 Å². The largest absolute Gasteiger partial charge is 0.502 e. The van der Waals surface area contributed by atoms with Crippen LogP contribution in [0.3, 0.4) is 0 Å². The van der Waals surface area contributed by atoms with Crippen LogP contribution in [0.15, 0.2) is 23.1 Å². The minimum absolute atomic E-state index is 0.128. The summed E-state index contributed by atoms with van der Waals surface area (Å²) in [5.41, 5.74) is -2.53. The van der Waals surface area contributed by atoms with Gasteiger partial charge in [-0.2, -0.15) is 0 Å². The number of nitrogens with zero attached hydrogens (tertiary/aromatic N) is 3. The summed E-state index contributed by atoms with van der Waals surface area (Å²) < 4.78 is 47.7. The molecule has 2 bridgehead atoms. The summed E-state index contributed by atoms with van der Waals surface area (Å²) in [5.74, 6) is -6.06. The molecule has 34 heavy (non-hydrogen) atoms. The fraction of sp³-hybridized carbons (Fsp3) is 0.409. The van der Waals surface area contributed by atoms with Crippen LogP contribution < -0.4 is 15.8 Å². The van der Waals surface area contributed by atoms with Crippen molar-refractivity contribution in [3.05, 3.63) is 62.8 Å². The van der Waals surface area contributed by atoms with Crippen molar-refractivity contribution in [3.8, 4) is 5.75 Å². The Morgan fingerprint density at radius 3 is 2.47 bits per heavy atom. The highest BCUT2D eigenvalue weighted by Crippen LogP contribution is 2.30. The summed E-state index contributed by atoms with van der Waals surface area (Å²) in [7, 11) is 1.53. The van der Waals surface area contributed by atoms with Crippen LogP contribution in [0.25, 0.3) is 0 Å². The van der Waals surface area contributed by atoms with Gasteiger partial charge in [0.2, 0.25) is 5.43 Å². The second-order valence-electron chi connectivity index (χ2n) is 8.40. The van der Waals surface area contributed by atoms with E-state index in [1.54, 1.807) is 5.01 Å². The Hall–Kier alpha value is -3.54. The lowest BCUT2D eigenvalue weighted by Gasteiger charge is -2.41. The van der Waals surface area contributed by atoms with Crippen LogP contribution in [0.1, 0.15) is 46.7 Å². The zero-order valence-electron chi connectivity index (χ0n) is 18.6. The van der Waals surface area contributed by atoms with Crippen molar-refractivity contribution in [1.82, 2.24) is 14.9 Å². The number of halogens is 3. The maximum absolute atomic E-state index is 13.9. The average molecular weight is 480 g/mol. The van der Waals surface area contributed by atoms with Crippen molar-refractivity contribution in [1.29, 1.82) is 0 Å². The summed E-state index contributed by atoms with van der Waals surface area (Å²) >= 11 is 0. The molecule has 3 atom stereocenters. The molecule has 1 saturated heterocycles. The van der Waals surface area contributed by atoms with Gasteiger partial charge in [-0.1, -0.05) is 0 Å². The van der Waals surface area contributed by atoms with Gasteiger partial charge in [-0.25, -0.2) is 13.2 Å². The molecule has 3 heterocycles. The number of ether oxygens (including phenoxy) is 1. The summed E-state index contributed by atoms with van der Waals surface area (Å²) in [6.07, 6.45) is 1.35. The number of hydrogen-bond donors (Lipinski definition) is 2. The van der Waals surface area contributed by atoms with Crippen LogP contribution in [-0.4, -0.2) is 58.5 Å². The van der Waals surface area contributed by atoms with Crippen LogP contribution in [0.5, 0.6) is 5.75 Å². The molecule has 2 aromatic rings. The fourth-order valence-electron chi connectivity index (χ4n) is 4.40. The average Bonchev–Trinajstić information content (AvgIpc) is 2.88. The molecule has 2 N–H and O–H groups in total. The molecule has 2 amide bonds. The molecule has 9 nitrogen and oxygen atoms in total. The normalized spacial score (nSPS) is 21.8. The summed E-state index contributed by atoms with van der Waals surface area (Å²) in [4.78, 5) is 40.1. The summed E-state index contributed by atoms with van der Waals surface area (Å²) in [6, 6.07) is 0.397. The van der Waals surface area contributed by atoms with Gasteiger partial charge in [-0.15, -0.1) is 0 Å². The molecule has 2 aliphatic heterocycles. The van der Waals surface area contributed by atoms with E-state index in [1.165, 1.54) is 16.7 Å². The van der Waals surface area contributed by atoms with Gasteiger partial charge < -0.3 is 20.1 Å². The van der Waals surface area contributed by atoms with Crippen LogP contribution >= 0.6 is 0 Å². The van der Waals surface area contributed by atoms with E-state index in [0.717, 1.165) is 6.20 Å². The molecule has 0 saturated carbocycles. The Kier molecular flexibility index (Phi) is 6.02.